The van der Waals surface area contributed by atoms with E-state index in [1.54, 1.807) is 30.0 Å². The minimum atomic E-state index is -0.428. The lowest BCUT2D eigenvalue weighted by molar-refractivity contribution is -0.384. The second-order valence-electron chi connectivity index (χ2n) is 7.11. The number of aryl methyl sites for hydroxylation is 1. The number of amides is 1. The molecule has 160 valence electrons. The molecular weight excluding hydrogens is 488 g/mol. The van der Waals surface area contributed by atoms with Gasteiger partial charge in [0.2, 0.25) is 0 Å². The van der Waals surface area contributed by atoms with Gasteiger partial charge in [0.05, 0.1) is 15.6 Å². The lowest BCUT2D eigenvalue weighted by Gasteiger charge is -2.36. The number of benzene rings is 2. The zero-order chi connectivity index (χ0) is 22.1. The molecule has 10 heteroatoms. The molecule has 2 aromatic carbocycles. The van der Waals surface area contributed by atoms with Crippen LogP contribution < -0.4 is 4.90 Å². The summed E-state index contributed by atoms with van der Waals surface area (Å²) in [6.45, 7) is 3.89. The van der Waals surface area contributed by atoms with Crippen LogP contribution in [-0.4, -0.2) is 47.1 Å². The zero-order valence-corrected chi connectivity index (χ0v) is 18.9. The maximum absolute atomic E-state index is 13.3. The Balaban J connectivity index is 1.52. The molecule has 0 unspecified atom stereocenters. The van der Waals surface area contributed by atoms with Crippen molar-refractivity contribution < 1.29 is 14.2 Å². The van der Waals surface area contributed by atoms with Crippen molar-refractivity contribution in [2.45, 2.75) is 6.92 Å². The Morgan fingerprint density at radius 2 is 1.90 bits per heavy atom. The number of hydrogen-bond acceptors (Lipinski definition) is 6. The van der Waals surface area contributed by atoms with Crippen molar-refractivity contribution in [3.8, 4) is 11.3 Å². The van der Waals surface area contributed by atoms with E-state index in [2.05, 4.69) is 26.0 Å². The first-order valence-electron chi connectivity index (χ1n) is 9.56. The maximum Gasteiger partial charge on any atom is 0.270 e. The van der Waals surface area contributed by atoms with Gasteiger partial charge in [0.25, 0.3) is 11.6 Å². The fourth-order valence-corrected chi connectivity index (χ4v) is 4.48. The Morgan fingerprint density at radius 1 is 1.19 bits per heavy atom. The third-order valence-electron chi connectivity index (χ3n) is 5.26. The van der Waals surface area contributed by atoms with E-state index in [1.165, 1.54) is 12.1 Å². The van der Waals surface area contributed by atoms with E-state index in [0.29, 0.717) is 58.3 Å². The van der Waals surface area contributed by atoms with E-state index >= 15 is 0 Å². The molecule has 1 amide bonds. The SMILES string of the molecule is Cc1onc(-c2ccccc2Cl)c1C(=O)N1CCN(c2ccc([N+](=O)[O-])cc2Br)CC1. The lowest BCUT2D eigenvalue weighted by Crippen LogP contribution is -2.49. The highest BCUT2D eigenvalue weighted by molar-refractivity contribution is 9.10. The molecule has 0 bridgehead atoms. The summed E-state index contributed by atoms with van der Waals surface area (Å²) in [5.74, 6) is 0.288. The standard InChI is InChI=1S/C21H18BrClN4O4/c1-13-19(20(24-31-13)15-4-2-3-5-17(15)23)21(28)26-10-8-25(9-11-26)18-7-6-14(27(29)30)12-16(18)22/h2-7,12H,8-11H2,1H3. The van der Waals surface area contributed by atoms with Gasteiger partial charge in [-0.2, -0.15) is 0 Å². The quantitative estimate of drug-likeness (QED) is 0.368. The number of nitrogens with zero attached hydrogens (tertiary/aromatic N) is 4. The maximum atomic E-state index is 13.3. The predicted octanol–water partition coefficient (Wildman–Crippen LogP) is 4.94. The molecule has 3 aromatic rings. The molecule has 31 heavy (non-hydrogen) atoms. The van der Waals surface area contributed by atoms with Crippen LogP contribution >= 0.6 is 27.5 Å². The monoisotopic (exact) mass is 504 g/mol. The van der Waals surface area contributed by atoms with E-state index in [-0.39, 0.29) is 11.6 Å². The fourth-order valence-electron chi connectivity index (χ4n) is 3.64. The summed E-state index contributed by atoms with van der Waals surface area (Å²) in [4.78, 5) is 27.7. The van der Waals surface area contributed by atoms with Crippen LogP contribution in [-0.2, 0) is 0 Å². The highest BCUT2D eigenvalue weighted by Gasteiger charge is 2.30. The number of anilines is 1. The van der Waals surface area contributed by atoms with Crippen molar-refractivity contribution >= 4 is 44.8 Å². The summed E-state index contributed by atoms with van der Waals surface area (Å²) in [5.41, 5.74) is 2.39. The van der Waals surface area contributed by atoms with Gasteiger partial charge in [-0.05, 0) is 35.0 Å². The van der Waals surface area contributed by atoms with Crippen LogP contribution in [0.5, 0.6) is 0 Å². The highest BCUT2D eigenvalue weighted by Crippen LogP contribution is 2.33. The molecule has 1 saturated heterocycles. The predicted molar refractivity (Wildman–Crippen MR) is 121 cm³/mol. The number of hydrogen-bond donors (Lipinski definition) is 0. The van der Waals surface area contributed by atoms with Crippen molar-refractivity contribution in [1.29, 1.82) is 0 Å². The average molecular weight is 506 g/mol. The number of carbonyl (C=O) groups is 1. The normalized spacial score (nSPS) is 14.0. The molecule has 1 aliphatic rings. The van der Waals surface area contributed by atoms with Gasteiger partial charge >= 0.3 is 0 Å². The van der Waals surface area contributed by atoms with Crippen LogP contribution in [0.15, 0.2) is 51.5 Å². The van der Waals surface area contributed by atoms with Gasteiger partial charge in [-0.1, -0.05) is 35.0 Å². The number of rotatable bonds is 4. The number of aromatic nitrogens is 1. The Labute approximate surface area is 191 Å². The second-order valence-corrected chi connectivity index (χ2v) is 8.38. The van der Waals surface area contributed by atoms with E-state index < -0.39 is 4.92 Å². The molecule has 8 nitrogen and oxygen atoms in total. The largest absolute Gasteiger partial charge is 0.367 e. The average Bonchev–Trinajstić information content (AvgIpc) is 3.14. The Bertz CT molecular complexity index is 1160. The molecular formula is C21H18BrClN4O4. The van der Waals surface area contributed by atoms with Crippen molar-refractivity contribution in [2.75, 3.05) is 31.1 Å². The van der Waals surface area contributed by atoms with E-state index in [9.17, 15) is 14.9 Å². The summed E-state index contributed by atoms with van der Waals surface area (Å²) in [6, 6.07) is 11.9. The number of nitro groups is 1. The lowest BCUT2D eigenvalue weighted by atomic mass is 10.0. The van der Waals surface area contributed by atoms with Crippen molar-refractivity contribution in [1.82, 2.24) is 10.1 Å². The van der Waals surface area contributed by atoms with Gasteiger partial charge in [0.15, 0.2) is 0 Å². The number of nitro benzene ring substituents is 1. The zero-order valence-electron chi connectivity index (χ0n) is 16.5. The topological polar surface area (TPSA) is 92.7 Å². The fraction of sp³-hybridized carbons (Fsp3) is 0.238. The summed E-state index contributed by atoms with van der Waals surface area (Å²) < 4.78 is 5.98. The Kier molecular flexibility index (Phi) is 5.97. The number of piperazine rings is 1. The van der Waals surface area contributed by atoms with E-state index in [1.807, 2.05) is 12.1 Å². The van der Waals surface area contributed by atoms with Gasteiger partial charge < -0.3 is 14.3 Å². The Hall–Kier alpha value is -2.91. The molecule has 0 N–H and O–H groups in total. The van der Waals surface area contributed by atoms with E-state index in [4.69, 9.17) is 16.1 Å². The van der Waals surface area contributed by atoms with Gasteiger partial charge in [-0.25, -0.2) is 0 Å². The summed E-state index contributed by atoms with van der Waals surface area (Å²) in [5, 5.41) is 15.5. The molecule has 1 fully saturated rings. The van der Waals surface area contributed by atoms with Gasteiger partial charge in [0.1, 0.15) is 17.0 Å². The summed E-state index contributed by atoms with van der Waals surface area (Å²) in [6.07, 6.45) is 0. The van der Waals surface area contributed by atoms with Gasteiger partial charge in [-0.15, -0.1) is 0 Å². The van der Waals surface area contributed by atoms with Crippen LogP contribution in [0, 0.1) is 17.0 Å². The molecule has 0 saturated carbocycles. The number of carbonyl (C=O) groups excluding carboxylic acids is 1. The minimum Gasteiger partial charge on any atom is -0.367 e. The smallest absolute Gasteiger partial charge is 0.270 e. The molecule has 2 heterocycles. The van der Waals surface area contributed by atoms with E-state index in [0.717, 1.165) is 5.69 Å². The molecule has 0 atom stereocenters. The molecule has 1 aliphatic heterocycles. The van der Waals surface area contributed by atoms with Crippen LogP contribution in [0.4, 0.5) is 11.4 Å². The first-order chi connectivity index (χ1) is 14.9. The first-order valence-corrected chi connectivity index (χ1v) is 10.7. The molecule has 0 radical (unpaired) electrons. The summed E-state index contributed by atoms with van der Waals surface area (Å²) in [7, 11) is 0. The molecule has 0 aliphatic carbocycles. The number of halogens is 2. The number of non-ortho nitro benzene ring substituents is 1. The van der Waals surface area contributed by atoms with Gasteiger partial charge in [-0.3, -0.25) is 14.9 Å². The van der Waals surface area contributed by atoms with Crippen LogP contribution in [0.25, 0.3) is 11.3 Å². The van der Waals surface area contributed by atoms with Crippen molar-refractivity contribution in [3.63, 3.8) is 0 Å². The highest BCUT2D eigenvalue weighted by atomic mass is 79.9. The summed E-state index contributed by atoms with van der Waals surface area (Å²) >= 11 is 9.72. The second kappa shape index (κ2) is 8.68. The third kappa shape index (κ3) is 4.15. The third-order valence-corrected chi connectivity index (χ3v) is 6.22. The van der Waals surface area contributed by atoms with Crippen LogP contribution in [0.3, 0.4) is 0 Å². The van der Waals surface area contributed by atoms with Crippen molar-refractivity contribution in [2.24, 2.45) is 0 Å². The van der Waals surface area contributed by atoms with Crippen LogP contribution in [0.2, 0.25) is 5.02 Å². The Morgan fingerprint density at radius 3 is 2.55 bits per heavy atom. The van der Waals surface area contributed by atoms with Crippen LogP contribution in [0.1, 0.15) is 16.1 Å². The van der Waals surface area contributed by atoms with Crippen molar-refractivity contribution in [3.05, 3.63) is 73.4 Å². The van der Waals surface area contributed by atoms with Gasteiger partial charge in [0, 0.05) is 48.3 Å². The minimum absolute atomic E-state index is 0.0273. The molecule has 1 aromatic heterocycles. The molecule has 0 spiro atoms. The first kappa shape index (κ1) is 21.3. The molecule has 4 rings (SSSR count).